The summed E-state index contributed by atoms with van der Waals surface area (Å²) in [5.41, 5.74) is 1.49. The van der Waals surface area contributed by atoms with Crippen molar-refractivity contribution in [3.05, 3.63) is 47.5 Å². The van der Waals surface area contributed by atoms with Crippen molar-refractivity contribution in [2.45, 2.75) is 12.5 Å². The third-order valence-electron chi connectivity index (χ3n) is 2.95. The average Bonchev–Trinajstić information content (AvgIpc) is 3.03. The molecule has 0 aliphatic carbocycles. The number of hydrogen-bond donors (Lipinski definition) is 1. The van der Waals surface area contributed by atoms with Crippen molar-refractivity contribution in [1.29, 1.82) is 0 Å². The second-order valence-electron chi connectivity index (χ2n) is 4.09. The van der Waals surface area contributed by atoms with E-state index in [-0.39, 0.29) is 6.10 Å². The number of nitrogens with one attached hydrogen (secondary N) is 1. The Bertz CT molecular complexity index is 566. The number of methoxy groups -OCH3 is 1. The fourth-order valence-corrected chi connectivity index (χ4v) is 2.05. The van der Waals surface area contributed by atoms with E-state index in [0.29, 0.717) is 11.5 Å². The Morgan fingerprint density at radius 3 is 3.11 bits per heavy atom. The minimum absolute atomic E-state index is 0.166. The van der Waals surface area contributed by atoms with Gasteiger partial charge in [-0.2, -0.15) is 0 Å². The molecule has 1 aliphatic rings. The first-order valence-corrected chi connectivity index (χ1v) is 5.65. The molecule has 5 heteroatoms. The summed E-state index contributed by atoms with van der Waals surface area (Å²) in [5, 5.41) is 0. The highest BCUT2D eigenvalue weighted by molar-refractivity contribution is 5.86. The second kappa shape index (κ2) is 4.18. The molecule has 1 aromatic heterocycles. The molecule has 0 bridgehead atoms. The molecule has 18 heavy (non-hydrogen) atoms. The van der Waals surface area contributed by atoms with Crippen molar-refractivity contribution in [1.82, 2.24) is 9.97 Å². The number of rotatable bonds is 2. The van der Waals surface area contributed by atoms with Gasteiger partial charge in [0.05, 0.1) is 13.3 Å². The predicted molar refractivity (Wildman–Crippen MR) is 63.4 cm³/mol. The maximum Gasteiger partial charge on any atom is 0.356 e. The quantitative estimate of drug-likeness (QED) is 0.819. The number of esters is 1. The van der Waals surface area contributed by atoms with Crippen LogP contribution in [0.4, 0.5) is 0 Å². The summed E-state index contributed by atoms with van der Waals surface area (Å²) in [6.45, 7) is 0. The molecule has 0 radical (unpaired) electrons. The van der Waals surface area contributed by atoms with E-state index in [1.54, 1.807) is 0 Å². The summed E-state index contributed by atoms with van der Waals surface area (Å²) < 4.78 is 10.4. The first-order valence-electron chi connectivity index (χ1n) is 5.65. The van der Waals surface area contributed by atoms with Gasteiger partial charge in [-0.1, -0.05) is 18.2 Å². The lowest BCUT2D eigenvalue weighted by molar-refractivity contribution is 0.0594. The van der Waals surface area contributed by atoms with Crippen LogP contribution in [0.3, 0.4) is 0 Å². The Hall–Kier alpha value is -2.30. The Morgan fingerprint density at radius 1 is 1.50 bits per heavy atom. The van der Waals surface area contributed by atoms with Gasteiger partial charge in [-0.15, -0.1) is 0 Å². The first-order chi connectivity index (χ1) is 8.78. The molecule has 0 saturated carbocycles. The minimum atomic E-state index is -0.427. The summed E-state index contributed by atoms with van der Waals surface area (Å²) in [6.07, 6.45) is 2.05. The van der Waals surface area contributed by atoms with Crippen LogP contribution in [0, 0.1) is 0 Å². The molecule has 2 heterocycles. The van der Waals surface area contributed by atoms with Crippen LogP contribution in [0.1, 0.15) is 28.0 Å². The van der Waals surface area contributed by atoms with Gasteiger partial charge in [0.2, 0.25) is 0 Å². The number of hydrogen-bond acceptors (Lipinski definition) is 4. The van der Waals surface area contributed by atoms with E-state index in [9.17, 15) is 4.79 Å². The van der Waals surface area contributed by atoms with Gasteiger partial charge in [0.1, 0.15) is 17.3 Å². The molecule has 1 unspecified atom stereocenters. The zero-order valence-corrected chi connectivity index (χ0v) is 9.84. The normalized spacial score (nSPS) is 17.1. The van der Waals surface area contributed by atoms with Gasteiger partial charge in [0.25, 0.3) is 0 Å². The van der Waals surface area contributed by atoms with Crippen molar-refractivity contribution < 1.29 is 14.3 Å². The van der Waals surface area contributed by atoms with Crippen LogP contribution in [-0.4, -0.2) is 23.0 Å². The molecule has 0 fully saturated rings. The maximum absolute atomic E-state index is 11.3. The van der Waals surface area contributed by atoms with Crippen molar-refractivity contribution in [2.24, 2.45) is 0 Å². The molecule has 1 N–H and O–H groups in total. The van der Waals surface area contributed by atoms with Crippen molar-refractivity contribution in [3.63, 3.8) is 0 Å². The lowest BCUT2D eigenvalue weighted by Gasteiger charge is -2.06. The van der Waals surface area contributed by atoms with E-state index >= 15 is 0 Å². The van der Waals surface area contributed by atoms with Gasteiger partial charge >= 0.3 is 5.97 Å². The minimum Gasteiger partial charge on any atom is -0.482 e. The Kier molecular flexibility index (Phi) is 2.51. The van der Waals surface area contributed by atoms with E-state index in [2.05, 4.69) is 14.7 Å². The molecule has 5 nitrogen and oxygen atoms in total. The van der Waals surface area contributed by atoms with Gasteiger partial charge < -0.3 is 14.5 Å². The summed E-state index contributed by atoms with van der Waals surface area (Å²) in [6, 6.07) is 7.87. The second-order valence-corrected chi connectivity index (χ2v) is 4.09. The highest BCUT2D eigenvalue weighted by Crippen LogP contribution is 2.35. The van der Waals surface area contributed by atoms with Crippen LogP contribution < -0.4 is 4.74 Å². The van der Waals surface area contributed by atoms with E-state index in [1.807, 2.05) is 24.3 Å². The van der Waals surface area contributed by atoms with Crippen LogP contribution >= 0.6 is 0 Å². The Morgan fingerprint density at radius 2 is 2.33 bits per heavy atom. The maximum atomic E-state index is 11.3. The summed E-state index contributed by atoms with van der Waals surface area (Å²) in [5.74, 6) is 1.09. The van der Waals surface area contributed by atoms with E-state index in [1.165, 1.54) is 13.3 Å². The molecule has 1 aliphatic heterocycles. The molecule has 92 valence electrons. The predicted octanol–water partition coefficient (Wildman–Crippen LogP) is 1.87. The molecule has 1 atom stereocenters. The number of nitrogens with zero attached hydrogens (tertiary/aromatic N) is 1. The zero-order chi connectivity index (χ0) is 12.5. The standard InChI is InChI=1S/C13H12N2O3/c1-17-13(16)9-7-14-12(15-9)11-6-8-4-2-3-5-10(8)18-11/h2-5,7,11H,6H2,1H3,(H,14,15). The molecule has 0 spiro atoms. The number of aromatic amines is 1. The highest BCUT2D eigenvalue weighted by atomic mass is 16.5. The number of carbonyl (C=O) groups is 1. The van der Waals surface area contributed by atoms with Crippen molar-refractivity contribution in [2.75, 3.05) is 7.11 Å². The molecule has 3 rings (SSSR count). The Labute approximate surface area is 104 Å². The first kappa shape index (κ1) is 10.8. The van der Waals surface area contributed by atoms with E-state index in [0.717, 1.165) is 17.7 Å². The lowest BCUT2D eigenvalue weighted by Crippen LogP contribution is -2.07. The van der Waals surface area contributed by atoms with Gasteiger partial charge in [0, 0.05) is 6.42 Å². The van der Waals surface area contributed by atoms with E-state index in [4.69, 9.17) is 4.74 Å². The van der Waals surface area contributed by atoms with Gasteiger partial charge in [-0.05, 0) is 11.6 Å². The molecule has 1 aromatic carbocycles. The zero-order valence-electron chi connectivity index (χ0n) is 9.84. The van der Waals surface area contributed by atoms with Gasteiger partial charge in [-0.3, -0.25) is 0 Å². The SMILES string of the molecule is COC(=O)c1cnc(C2Cc3ccccc3O2)[nH]1. The van der Waals surface area contributed by atoms with Crippen molar-refractivity contribution in [3.8, 4) is 5.75 Å². The summed E-state index contributed by atoms with van der Waals surface area (Å²) in [7, 11) is 1.34. The van der Waals surface area contributed by atoms with Crippen LogP contribution in [0.5, 0.6) is 5.75 Å². The summed E-state index contributed by atoms with van der Waals surface area (Å²) in [4.78, 5) is 18.4. The monoisotopic (exact) mass is 244 g/mol. The number of ether oxygens (including phenoxy) is 2. The van der Waals surface area contributed by atoms with Gasteiger partial charge in [0.15, 0.2) is 6.10 Å². The molecule has 0 amide bonds. The highest BCUT2D eigenvalue weighted by Gasteiger charge is 2.26. The Balaban J connectivity index is 1.82. The van der Waals surface area contributed by atoms with Crippen LogP contribution in [-0.2, 0) is 11.2 Å². The smallest absolute Gasteiger partial charge is 0.356 e. The number of benzene rings is 1. The fraction of sp³-hybridized carbons (Fsp3) is 0.231. The number of carbonyl (C=O) groups excluding carboxylic acids is 1. The largest absolute Gasteiger partial charge is 0.482 e. The number of H-pyrrole nitrogens is 1. The molecular formula is C13H12N2O3. The fourth-order valence-electron chi connectivity index (χ4n) is 2.05. The van der Waals surface area contributed by atoms with E-state index < -0.39 is 5.97 Å². The number of fused-ring (bicyclic) bond motifs is 1. The van der Waals surface area contributed by atoms with Crippen LogP contribution in [0.2, 0.25) is 0 Å². The number of imidazole rings is 1. The third-order valence-corrected chi connectivity index (χ3v) is 2.95. The number of para-hydroxylation sites is 1. The molecular weight excluding hydrogens is 232 g/mol. The molecule has 2 aromatic rings. The van der Waals surface area contributed by atoms with Crippen LogP contribution in [0.15, 0.2) is 30.5 Å². The lowest BCUT2D eigenvalue weighted by atomic mass is 10.1. The van der Waals surface area contributed by atoms with Gasteiger partial charge in [-0.25, -0.2) is 9.78 Å². The topological polar surface area (TPSA) is 64.2 Å². The number of aromatic nitrogens is 2. The third kappa shape index (κ3) is 1.73. The van der Waals surface area contributed by atoms with Crippen LogP contribution in [0.25, 0.3) is 0 Å². The average molecular weight is 244 g/mol. The molecule has 0 saturated heterocycles. The van der Waals surface area contributed by atoms with Crippen molar-refractivity contribution >= 4 is 5.97 Å². The summed E-state index contributed by atoms with van der Waals surface area (Å²) >= 11 is 0.